The first-order chi connectivity index (χ1) is 12.6. The second kappa shape index (κ2) is 20.1. The summed E-state index contributed by atoms with van der Waals surface area (Å²) in [6.45, 7) is 4.81. The summed E-state index contributed by atoms with van der Waals surface area (Å²) in [5.74, 6) is 0. The molecular formula is C23H51NOP+. The topological polar surface area (TPSA) is 20.2 Å². The van der Waals surface area contributed by atoms with Gasteiger partial charge in [-0.15, -0.1) is 0 Å². The summed E-state index contributed by atoms with van der Waals surface area (Å²) in [4.78, 5) is 8.91. The highest BCUT2D eigenvalue weighted by atomic mass is 31.1. The van der Waals surface area contributed by atoms with Gasteiger partial charge in [-0.05, 0) is 19.0 Å². The van der Waals surface area contributed by atoms with E-state index in [9.17, 15) is 0 Å². The molecule has 158 valence electrons. The Kier molecular flexibility index (Phi) is 20.4. The van der Waals surface area contributed by atoms with E-state index >= 15 is 0 Å². The lowest BCUT2D eigenvalue weighted by molar-refractivity contribution is -0.890. The second-order valence-electron chi connectivity index (χ2n) is 8.95. The third-order valence-corrected chi connectivity index (χ3v) is 6.25. The van der Waals surface area contributed by atoms with Crippen molar-refractivity contribution in [2.75, 3.05) is 33.3 Å². The molecule has 1 atom stereocenters. The number of hydrogen-bond donors (Lipinski definition) is 1. The molecule has 0 bridgehead atoms. The first-order valence-corrected chi connectivity index (χ1v) is 13.0. The molecule has 0 spiro atoms. The van der Waals surface area contributed by atoms with E-state index in [0.717, 1.165) is 10.6 Å². The van der Waals surface area contributed by atoms with E-state index < -0.39 is 0 Å². The molecule has 0 saturated heterocycles. The van der Waals surface area contributed by atoms with Gasteiger partial charge < -0.3 is 9.38 Å². The van der Waals surface area contributed by atoms with Gasteiger partial charge in [-0.25, -0.2) is 0 Å². The van der Waals surface area contributed by atoms with Crippen molar-refractivity contribution < 1.29 is 9.38 Å². The molecule has 0 aromatic rings. The van der Waals surface area contributed by atoms with E-state index in [4.69, 9.17) is 4.89 Å². The quantitative estimate of drug-likeness (QED) is 0.124. The Bertz CT molecular complexity index is 271. The molecule has 0 amide bonds. The lowest BCUT2D eigenvalue weighted by atomic mass is 10.0. The highest BCUT2D eigenvalue weighted by molar-refractivity contribution is 7.31. The van der Waals surface area contributed by atoms with E-state index in [1.807, 2.05) is 0 Å². The summed E-state index contributed by atoms with van der Waals surface area (Å²) in [5.41, 5.74) is 0. The first-order valence-electron chi connectivity index (χ1n) is 11.8. The number of hydrogen-bond acceptors (Lipinski definition) is 1. The van der Waals surface area contributed by atoms with Crippen LogP contribution in [-0.4, -0.2) is 42.7 Å². The van der Waals surface area contributed by atoms with Crippen molar-refractivity contribution in [3.8, 4) is 0 Å². The Morgan fingerprint density at radius 1 is 0.538 bits per heavy atom. The van der Waals surface area contributed by atoms with Crippen LogP contribution in [0.2, 0.25) is 0 Å². The van der Waals surface area contributed by atoms with Gasteiger partial charge in [0.25, 0.3) is 0 Å². The Morgan fingerprint density at radius 3 is 1.27 bits per heavy atom. The van der Waals surface area contributed by atoms with Gasteiger partial charge in [0.2, 0.25) is 0 Å². The number of rotatable bonds is 21. The summed E-state index contributed by atoms with van der Waals surface area (Å²) < 4.78 is 1.13. The van der Waals surface area contributed by atoms with Crippen LogP contribution in [0.1, 0.15) is 116 Å². The fourth-order valence-corrected chi connectivity index (χ4v) is 4.10. The smallest absolute Gasteiger partial charge is 0.0786 e. The highest BCUT2D eigenvalue weighted by Gasteiger charge is 2.13. The van der Waals surface area contributed by atoms with Gasteiger partial charge in [0, 0.05) is 15.2 Å². The summed E-state index contributed by atoms with van der Waals surface area (Å²) in [6, 6.07) is 0. The van der Waals surface area contributed by atoms with Crippen LogP contribution in [0, 0.1) is 0 Å². The fourth-order valence-electron chi connectivity index (χ4n) is 3.79. The van der Waals surface area contributed by atoms with Gasteiger partial charge in [-0.1, -0.05) is 96.8 Å². The average Bonchev–Trinajstić information content (AvgIpc) is 2.61. The van der Waals surface area contributed by atoms with Crippen molar-refractivity contribution in [2.45, 2.75) is 116 Å². The standard InChI is InChI=1S/C23H51NOP/c1-4-5-6-7-8-9-10-11-12-13-14-15-16-17-18-19-21-24(2,3)22-20-23-26-25/h25-26H,4-23H2,1-3H3/q+1. The molecule has 0 fully saturated rings. The SMILES string of the molecule is CCCCCCCCCCCCCCCCCC[N+](C)(C)CCCPO. The minimum Gasteiger partial charge on any atom is -0.377 e. The zero-order valence-electron chi connectivity index (χ0n) is 18.5. The van der Waals surface area contributed by atoms with Crippen LogP contribution in [0.15, 0.2) is 0 Å². The van der Waals surface area contributed by atoms with E-state index in [1.54, 1.807) is 0 Å². The summed E-state index contributed by atoms with van der Waals surface area (Å²) in [5, 5.41) is 0. The highest BCUT2D eigenvalue weighted by Crippen LogP contribution is 2.14. The Hall–Kier alpha value is 0.350. The van der Waals surface area contributed by atoms with Crippen molar-refractivity contribution in [2.24, 2.45) is 0 Å². The first kappa shape index (κ1) is 26.4. The molecule has 0 aliphatic heterocycles. The molecule has 0 radical (unpaired) electrons. The normalized spacial score (nSPS) is 12.5. The lowest BCUT2D eigenvalue weighted by Gasteiger charge is -2.29. The summed E-state index contributed by atoms with van der Waals surface area (Å²) in [6.07, 6.45) is 25.2. The third kappa shape index (κ3) is 20.7. The van der Waals surface area contributed by atoms with Crippen LogP contribution in [0.4, 0.5) is 0 Å². The summed E-state index contributed by atoms with van der Waals surface area (Å²) >= 11 is 0. The van der Waals surface area contributed by atoms with E-state index in [0.29, 0.717) is 0 Å². The zero-order chi connectivity index (χ0) is 19.3. The molecule has 0 heterocycles. The number of quaternary nitrogens is 1. The van der Waals surface area contributed by atoms with E-state index in [1.165, 1.54) is 122 Å². The van der Waals surface area contributed by atoms with Crippen LogP contribution in [0.25, 0.3) is 0 Å². The maximum absolute atomic E-state index is 8.91. The number of unbranched alkanes of at least 4 members (excludes halogenated alkanes) is 15. The van der Waals surface area contributed by atoms with Gasteiger partial charge in [-0.2, -0.15) is 0 Å². The molecule has 0 aliphatic rings. The van der Waals surface area contributed by atoms with Crippen molar-refractivity contribution in [3.63, 3.8) is 0 Å². The van der Waals surface area contributed by atoms with Crippen molar-refractivity contribution in [1.82, 2.24) is 0 Å². The van der Waals surface area contributed by atoms with Gasteiger partial charge in [0.1, 0.15) is 0 Å². The minimum absolute atomic E-state index is 0.134. The minimum atomic E-state index is 0.134. The predicted octanol–water partition coefficient (Wildman–Crippen LogP) is 7.30. The van der Waals surface area contributed by atoms with Crippen molar-refractivity contribution >= 4 is 8.81 Å². The molecule has 0 saturated carbocycles. The molecule has 0 aromatic heterocycles. The molecule has 0 rings (SSSR count). The second-order valence-corrected chi connectivity index (χ2v) is 9.76. The molecular weight excluding hydrogens is 337 g/mol. The largest absolute Gasteiger partial charge is 0.377 e. The van der Waals surface area contributed by atoms with Crippen LogP contribution in [0.5, 0.6) is 0 Å². The molecule has 26 heavy (non-hydrogen) atoms. The van der Waals surface area contributed by atoms with Crippen LogP contribution < -0.4 is 0 Å². The Balaban J connectivity index is 3.17. The Morgan fingerprint density at radius 2 is 0.885 bits per heavy atom. The maximum Gasteiger partial charge on any atom is 0.0786 e. The van der Waals surface area contributed by atoms with E-state index in [2.05, 4.69) is 21.0 Å². The lowest BCUT2D eigenvalue weighted by Crippen LogP contribution is -2.41. The molecule has 0 aromatic carbocycles. The van der Waals surface area contributed by atoms with Gasteiger partial charge in [0.05, 0.1) is 27.2 Å². The summed E-state index contributed by atoms with van der Waals surface area (Å²) in [7, 11) is 4.81. The third-order valence-electron chi connectivity index (χ3n) is 5.67. The molecule has 1 N–H and O–H groups in total. The fraction of sp³-hybridized carbons (Fsp3) is 1.00. The maximum atomic E-state index is 8.91. The van der Waals surface area contributed by atoms with Gasteiger partial charge >= 0.3 is 0 Å². The van der Waals surface area contributed by atoms with Gasteiger partial charge in [0.15, 0.2) is 0 Å². The number of nitrogens with zero attached hydrogens (tertiary/aromatic N) is 1. The molecule has 2 nitrogen and oxygen atoms in total. The van der Waals surface area contributed by atoms with Crippen LogP contribution in [0.3, 0.4) is 0 Å². The Labute approximate surface area is 168 Å². The molecule has 0 aliphatic carbocycles. The van der Waals surface area contributed by atoms with Crippen LogP contribution in [-0.2, 0) is 0 Å². The average molecular weight is 389 g/mol. The predicted molar refractivity (Wildman–Crippen MR) is 121 cm³/mol. The van der Waals surface area contributed by atoms with Crippen molar-refractivity contribution in [3.05, 3.63) is 0 Å². The molecule has 1 unspecified atom stereocenters. The van der Waals surface area contributed by atoms with Crippen LogP contribution >= 0.6 is 8.81 Å². The monoisotopic (exact) mass is 388 g/mol. The van der Waals surface area contributed by atoms with Crippen molar-refractivity contribution in [1.29, 1.82) is 0 Å². The van der Waals surface area contributed by atoms with Gasteiger partial charge in [-0.3, -0.25) is 0 Å². The zero-order valence-corrected chi connectivity index (χ0v) is 19.5. The molecule has 3 heteroatoms. The van der Waals surface area contributed by atoms with E-state index in [-0.39, 0.29) is 8.81 Å².